The van der Waals surface area contributed by atoms with Crippen molar-refractivity contribution in [2.45, 2.75) is 19.3 Å². The highest BCUT2D eigenvalue weighted by atomic mass is 32.1. The molecule has 0 amide bonds. The molecule has 0 radical (unpaired) electrons. The van der Waals surface area contributed by atoms with Gasteiger partial charge in [0.15, 0.2) is 5.82 Å². The summed E-state index contributed by atoms with van der Waals surface area (Å²) in [5.41, 5.74) is 0.946. The summed E-state index contributed by atoms with van der Waals surface area (Å²) >= 11 is 1.41. The minimum Gasteiger partial charge on any atom is -0.497 e. The molecule has 1 unspecified atom stereocenters. The summed E-state index contributed by atoms with van der Waals surface area (Å²) in [6.45, 7) is 0. The van der Waals surface area contributed by atoms with Gasteiger partial charge in [-0.1, -0.05) is 47.8 Å². The van der Waals surface area contributed by atoms with Crippen LogP contribution in [0.5, 0.6) is 5.75 Å². The summed E-state index contributed by atoms with van der Waals surface area (Å²) in [6, 6.07) is 7.71. The Labute approximate surface area is 155 Å². The van der Waals surface area contributed by atoms with Crippen LogP contribution >= 0.6 is 11.3 Å². The molecule has 2 aromatic heterocycles. The summed E-state index contributed by atoms with van der Waals surface area (Å²) in [6.07, 6.45) is 13.4. The van der Waals surface area contributed by atoms with Gasteiger partial charge in [-0.2, -0.15) is 9.50 Å². The van der Waals surface area contributed by atoms with Crippen LogP contribution < -0.4 is 14.8 Å². The third kappa shape index (κ3) is 3.46. The van der Waals surface area contributed by atoms with Crippen molar-refractivity contribution in [3.63, 3.8) is 0 Å². The molecule has 0 spiro atoms. The Hall–Kier alpha value is -2.73. The van der Waals surface area contributed by atoms with Crippen LogP contribution in [0.2, 0.25) is 0 Å². The number of allylic oxidation sites excluding steroid dienone is 2. The Bertz CT molecular complexity index is 1080. The molecule has 0 N–H and O–H groups in total. The zero-order valence-electron chi connectivity index (χ0n) is 14.5. The van der Waals surface area contributed by atoms with E-state index in [-0.39, 0.29) is 5.56 Å². The summed E-state index contributed by atoms with van der Waals surface area (Å²) in [7, 11) is 1.64. The van der Waals surface area contributed by atoms with Gasteiger partial charge in [-0.05, 0) is 49.0 Å². The van der Waals surface area contributed by atoms with Gasteiger partial charge < -0.3 is 4.74 Å². The molecule has 5 nitrogen and oxygen atoms in total. The molecule has 132 valence electrons. The van der Waals surface area contributed by atoms with E-state index in [1.54, 1.807) is 7.11 Å². The van der Waals surface area contributed by atoms with Crippen LogP contribution in [0.25, 0.3) is 23.2 Å². The summed E-state index contributed by atoms with van der Waals surface area (Å²) < 4.78 is 7.30. The van der Waals surface area contributed by atoms with Crippen molar-refractivity contribution in [3.05, 3.63) is 62.7 Å². The Balaban J connectivity index is 1.58. The first-order valence-electron chi connectivity index (χ1n) is 8.61. The van der Waals surface area contributed by atoms with Crippen LogP contribution in [0.15, 0.2) is 41.2 Å². The van der Waals surface area contributed by atoms with E-state index in [2.05, 4.69) is 28.3 Å². The number of hydrogen-bond acceptors (Lipinski definition) is 5. The number of fused-ring (bicyclic) bond motifs is 1. The molecule has 2 heterocycles. The summed E-state index contributed by atoms with van der Waals surface area (Å²) in [5, 5.41) is 4.33. The molecule has 0 aliphatic heterocycles. The fourth-order valence-electron chi connectivity index (χ4n) is 3.00. The average molecular weight is 365 g/mol. The second-order valence-corrected chi connectivity index (χ2v) is 7.26. The average Bonchev–Trinajstić information content (AvgIpc) is 3.20. The maximum Gasteiger partial charge on any atom is 0.290 e. The number of rotatable bonds is 4. The van der Waals surface area contributed by atoms with Crippen molar-refractivity contribution in [3.8, 4) is 5.75 Å². The van der Waals surface area contributed by atoms with Crippen molar-refractivity contribution in [2.75, 3.05) is 7.11 Å². The van der Waals surface area contributed by atoms with Crippen LogP contribution in [0, 0.1) is 5.92 Å². The van der Waals surface area contributed by atoms with Gasteiger partial charge in [0.25, 0.3) is 5.56 Å². The third-order valence-corrected chi connectivity index (χ3v) is 5.41. The van der Waals surface area contributed by atoms with Crippen molar-refractivity contribution in [1.29, 1.82) is 0 Å². The van der Waals surface area contributed by atoms with E-state index < -0.39 is 0 Å². The van der Waals surface area contributed by atoms with E-state index in [1.807, 2.05) is 36.4 Å². The predicted molar refractivity (Wildman–Crippen MR) is 105 cm³/mol. The van der Waals surface area contributed by atoms with E-state index in [1.165, 1.54) is 15.9 Å². The molecule has 1 aliphatic rings. The maximum atomic E-state index is 12.5. The van der Waals surface area contributed by atoms with E-state index in [0.29, 0.717) is 16.7 Å². The van der Waals surface area contributed by atoms with E-state index in [0.717, 1.165) is 35.1 Å². The van der Waals surface area contributed by atoms with Gasteiger partial charge in [0.2, 0.25) is 4.96 Å². The molecule has 0 saturated heterocycles. The van der Waals surface area contributed by atoms with Gasteiger partial charge in [-0.3, -0.25) is 4.79 Å². The highest BCUT2D eigenvalue weighted by molar-refractivity contribution is 7.15. The molecule has 4 rings (SSSR count). The van der Waals surface area contributed by atoms with Crippen molar-refractivity contribution in [1.82, 2.24) is 14.6 Å². The van der Waals surface area contributed by atoms with Gasteiger partial charge in [-0.25, -0.2) is 0 Å². The van der Waals surface area contributed by atoms with Crippen LogP contribution in [0.3, 0.4) is 0 Å². The van der Waals surface area contributed by atoms with Crippen LogP contribution in [-0.4, -0.2) is 21.7 Å². The van der Waals surface area contributed by atoms with Crippen LogP contribution in [0.4, 0.5) is 0 Å². The highest BCUT2D eigenvalue weighted by Gasteiger charge is 2.12. The largest absolute Gasteiger partial charge is 0.497 e. The zero-order chi connectivity index (χ0) is 17.9. The van der Waals surface area contributed by atoms with Gasteiger partial charge in [0, 0.05) is 0 Å². The monoisotopic (exact) mass is 365 g/mol. The maximum absolute atomic E-state index is 12.5. The van der Waals surface area contributed by atoms with E-state index >= 15 is 0 Å². The van der Waals surface area contributed by atoms with Gasteiger partial charge in [0.05, 0.1) is 11.6 Å². The SMILES string of the molecule is COc1ccc(/C=C/c2nc3s/c(=C/C4CC=CCC4)c(=O)n3n2)cc1. The lowest BCUT2D eigenvalue weighted by molar-refractivity contribution is 0.415. The van der Waals surface area contributed by atoms with Crippen LogP contribution in [0.1, 0.15) is 30.7 Å². The number of benzene rings is 1. The first-order chi connectivity index (χ1) is 12.7. The van der Waals surface area contributed by atoms with Gasteiger partial charge in [0.1, 0.15) is 5.75 Å². The molecule has 0 bridgehead atoms. The van der Waals surface area contributed by atoms with Crippen molar-refractivity contribution < 1.29 is 4.74 Å². The van der Waals surface area contributed by atoms with Crippen LogP contribution in [-0.2, 0) is 0 Å². The van der Waals surface area contributed by atoms with Gasteiger partial charge >= 0.3 is 0 Å². The molecule has 1 atom stereocenters. The molecule has 0 fully saturated rings. The Kier molecular flexibility index (Phi) is 4.67. The Morgan fingerprint density at radius 1 is 1.23 bits per heavy atom. The predicted octanol–water partition coefficient (Wildman–Crippen LogP) is 3.19. The molecule has 0 saturated carbocycles. The molecule has 3 aromatic rings. The zero-order valence-corrected chi connectivity index (χ0v) is 15.3. The number of aromatic nitrogens is 3. The molecule has 1 aliphatic carbocycles. The first-order valence-corrected chi connectivity index (χ1v) is 9.43. The topological polar surface area (TPSA) is 56.5 Å². The number of methoxy groups -OCH3 is 1. The van der Waals surface area contributed by atoms with E-state index in [9.17, 15) is 4.79 Å². The standard InChI is InChI=1S/C20H19N3O2S/c1-25-16-10-7-14(8-11-16)9-12-18-21-20-23(22-18)19(24)17(26-20)13-15-5-3-2-4-6-15/h2-3,7-13,15H,4-6H2,1H3/b12-9+,17-13+. The molecule has 26 heavy (non-hydrogen) atoms. The lowest BCUT2D eigenvalue weighted by Crippen LogP contribution is -2.25. The van der Waals surface area contributed by atoms with E-state index in [4.69, 9.17) is 4.74 Å². The quantitative estimate of drug-likeness (QED) is 0.667. The fraction of sp³-hybridized carbons (Fsp3) is 0.250. The second-order valence-electron chi connectivity index (χ2n) is 6.25. The first kappa shape index (κ1) is 16.7. The highest BCUT2D eigenvalue weighted by Crippen LogP contribution is 2.19. The molecule has 1 aromatic carbocycles. The molecule has 6 heteroatoms. The fourth-order valence-corrected chi connectivity index (χ4v) is 3.98. The molecular formula is C20H19N3O2S. The smallest absolute Gasteiger partial charge is 0.290 e. The minimum absolute atomic E-state index is 0.0730. The number of ether oxygens (including phenoxy) is 1. The lowest BCUT2D eigenvalue weighted by atomic mass is 9.94. The summed E-state index contributed by atoms with van der Waals surface area (Å²) in [4.78, 5) is 17.6. The Morgan fingerprint density at radius 3 is 2.77 bits per heavy atom. The number of nitrogens with zero attached hydrogens (tertiary/aromatic N) is 3. The lowest BCUT2D eigenvalue weighted by Gasteiger charge is -2.11. The van der Waals surface area contributed by atoms with Crippen molar-refractivity contribution in [2.24, 2.45) is 5.92 Å². The normalized spacial score (nSPS) is 18.2. The molecular weight excluding hydrogens is 346 g/mol. The number of thiazole rings is 1. The summed E-state index contributed by atoms with van der Waals surface area (Å²) in [5.74, 6) is 1.79. The second kappa shape index (κ2) is 7.25. The minimum atomic E-state index is -0.0730. The third-order valence-electron chi connectivity index (χ3n) is 4.44. The Morgan fingerprint density at radius 2 is 2.08 bits per heavy atom. The number of hydrogen-bond donors (Lipinski definition) is 0. The van der Waals surface area contributed by atoms with Crippen molar-refractivity contribution >= 4 is 34.5 Å². The van der Waals surface area contributed by atoms with Gasteiger partial charge in [-0.15, -0.1) is 5.10 Å².